The molecule has 2 aliphatic rings. The highest BCUT2D eigenvalue weighted by Gasteiger charge is 2.48. The summed E-state index contributed by atoms with van der Waals surface area (Å²) in [6.07, 6.45) is -4.87. The van der Waals surface area contributed by atoms with E-state index in [0.717, 1.165) is 4.68 Å². The number of piperazine rings is 1. The zero-order chi connectivity index (χ0) is 25.4. The van der Waals surface area contributed by atoms with Gasteiger partial charge in [-0.25, -0.2) is 4.68 Å². The van der Waals surface area contributed by atoms with Crippen LogP contribution in [0.1, 0.15) is 44.9 Å². The molecule has 7 nitrogen and oxygen atoms in total. The fraction of sp³-hybridized carbons (Fsp3) is 0.320. The summed E-state index contributed by atoms with van der Waals surface area (Å²) < 4.78 is 42.8. The molecule has 2 aromatic carbocycles. The van der Waals surface area contributed by atoms with Gasteiger partial charge >= 0.3 is 6.18 Å². The van der Waals surface area contributed by atoms with Gasteiger partial charge < -0.3 is 15.1 Å². The van der Waals surface area contributed by atoms with E-state index in [1.54, 1.807) is 59.5 Å². The van der Waals surface area contributed by atoms with Crippen molar-refractivity contribution in [1.82, 2.24) is 19.6 Å². The van der Waals surface area contributed by atoms with Gasteiger partial charge in [-0.05, 0) is 17.7 Å². The van der Waals surface area contributed by atoms with Crippen LogP contribution in [-0.4, -0.2) is 63.7 Å². The molecule has 1 aromatic heterocycles. The van der Waals surface area contributed by atoms with Crippen molar-refractivity contribution in [1.29, 1.82) is 0 Å². The predicted octanol–water partition coefficient (Wildman–Crippen LogP) is 4.80. The molecule has 36 heavy (non-hydrogen) atoms. The average Bonchev–Trinajstić information content (AvgIpc) is 3.24. The van der Waals surface area contributed by atoms with Gasteiger partial charge in [0.2, 0.25) is 0 Å². The van der Waals surface area contributed by atoms with Gasteiger partial charge in [0, 0.05) is 38.2 Å². The van der Waals surface area contributed by atoms with Crippen LogP contribution in [-0.2, 0) is 0 Å². The first-order valence-electron chi connectivity index (χ1n) is 11.5. The monoisotopic (exact) mass is 517 g/mol. The van der Waals surface area contributed by atoms with E-state index in [-0.39, 0.29) is 42.0 Å². The molecular weight excluding hydrogens is 495 g/mol. The summed E-state index contributed by atoms with van der Waals surface area (Å²) >= 11 is 6.46. The van der Waals surface area contributed by atoms with Gasteiger partial charge in [0.1, 0.15) is 10.8 Å². The molecule has 5 rings (SSSR count). The van der Waals surface area contributed by atoms with Crippen molar-refractivity contribution < 1.29 is 22.8 Å². The molecule has 11 heteroatoms. The van der Waals surface area contributed by atoms with Crippen molar-refractivity contribution >= 4 is 29.2 Å². The van der Waals surface area contributed by atoms with Crippen LogP contribution in [0.4, 0.5) is 19.0 Å². The Labute approximate surface area is 210 Å². The third-order valence-corrected chi connectivity index (χ3v) is 6.93. The molecule has 3 aromatic rings. The van der Waals surface area contributed by atoms with E-state index in [1.807, 2.05) is 6.07 Å². The van der Waals surface area contributed by atoms with E-state index in [4.69, 9.17) is 11.6 Å². The van der Waals surface area contributed by atoms with Crippen LogP contribution in [0.5, 0.6) is 0 Å². The van der Waals surface area contributed by atoms with Crippen LogP contribution in [0.15, 0.2) is 60.7 Å². The molecule has 2 amide bonds. The molecule has 1 saturated heterocycles. The molecule has 0 saturated carbocycles. The lowest BCUT2D eigenvalue weighted by atomic mass is 9.97. The van der Waals surface area contributed by atoms with Gasteiger partial charge in [0.15, 0.2) is 11.7 Å². The maximum atomic E-state index is 14.0. The summed E-state index contributed by atoms with van der Waals surface area (Å²) in [5.74, 6) is -0.726. The Bertz CT molecular complexity index is 1260. The number of carbonyl (C=O) groups is 2. The first kappa shape index (κ1) is 24.2. The molecule has 1 N–H and O–H groups in total. The van der Waals surface area contributed by atoms with Gasteiger partial charge in [0.25, 0.3) is 11.8 Å². The molecule has 3 heterocycles. The van der Waals surface area contributed by atoms with Gasteiger partial charge in [-0.3, -0.25) is 9.59 Å². The maximum Gasteiger partial charge on any atom is 0.410 e. The lowest BCUT2D eigenvalue weighted by Gasteiger charge is -2.34. The predicted molar refractivity (Wildman–Crippen MR) is 128 cm³/mol. The zero-order valence-corrected chi connectivity index (χ0v) is 19.8. The van der Waals surface area contributed by atoms with Crippen LogP contribution >= 0.6 is 11.6 Å². The van der Waals surface area contributed by atoms with Crippen LogP contribution in [0.25, 0.3) is 0 Å². The fourth-order valence-corrected chi connectivity index (χ4v) is 4.92. The number of fused-ring (bicyclic) bond motifs is 1. The van der Waals surface area contributed by atoms with Crippen LogP contribution < -0.4 is 5.32 Å². The highest BCUT2D eigenvalue weighted by molar-refractivity contribution is 6.36. The van der Waals surface area contributed by atoms with Crippen molar-refractivity contribution in [2.75, 3.05) is 31.5 Å². The summed E-state index contributed by atoms with van der Waals surface area (Å²) in [7, 11) is 0. The summed E-state index contributed by atoms with van der Waals surface area (Å²) in [6.45, 7) is 1.03. The first-order chi connectivity index (χ1) is 17.2. The van der Waals surface area contributed by atoms with Crippen molar-refractivity contribution in [2.45, 2.75) is 24.7 Å². The summed E-state index contributed by atoms with van der Waals surface area (Å²) in [5.41, 5.74) is 1.01. The fourth-order valence-electron chi connectivity index (χ4n) is 4.66. The number of hydrogen-bond acceptors (Lipinski definition) is 4. The smallest absolute Gasteiger partial charge is 0.362 e. The van der Waals surface area contributed by atoms with Crippen molar-refractivity contribution in [3.05, 3.63) is 82.5 Å². The Morgan fingerprint density at radius 2 is 1.44 bits per heavy atom. The Kier molecular flexibility index (Phi) is 6.38. The Morgan fingerprint density at radius 3 is 2.03 bits per heavy atom. The van der Waals surface area contributed by atoms with Gasteiger partial charge in [-0.2, -0.15) is 18.3 Å². The number of alkyl halides is 3. The highest BCUT2D eigenvalue weighted by Crippen LogP contribution is 2.46. The summed E-state index contributed by atoms with van der Waals surface area (Å²) in [6, 6.07) is 15.0. The van der Waals surface area contributed by atoms with E-state index in [9.17, 15) is 22.8 Å². The third kappa shape index (κ3) is 4.53. The number of nitrogens with zero attached hydrogens (tertiary/aromatic N) is 4. The topological polar surface area (TPSA) is 70.5 Å². The normalized spacial score (nSPS) is 20.0. The summed E-state index contributed by atoms with van der Waals surface area (Å²) in [4.78, 5) is 29.0. The van der Waals surface area contributed by atoms with E-state index in [2.05, 4.69) is 10.4 Å². The van der Waals surface area contributed by atoms with Gasteiger partial charge in [-0.1, -0.05) is 60.1 Å². The number of amides is 2. The van der Waals surface area contributed by atoms with Crippen molar-refractivity contribution in [2.24, 2.45) is 0 Å². The van der Waals surface area contributed by atoms with E-state index in [1.165, 1.54) is 4.90 Å². The molecule has 0 unspecified atom stereocenters. The van der Waals surface area contributed by atoms with Crippen LogP contribution in [0, 0.1) is 0 Å². The van der Waals surface area contributed by atoms with Crippen molar-refractivity contribution in [3.63, 3.8) is 0 Å². The minimum absolute atomic E-state index is 0.0275. The number of anilines is 1. The lowest BCUT2D eigenvalue weighted by molar-refractivity contribution is -0.173. The molecule has 0 aliphatic carbocycles. The molecule has 1 fully saturated rings. The number of nitrogens with one attached hydrogen (secondary N) is 1. The number of benzene rings is 2. The largest absolute Gasteiger partial charge is 0.410 e. The second-order valence-corrected chi connectivity index (χ2v) is 9.18. The Balaban J connectivity index is 1.36. The second-order valence-electron chi connectivity index (χ2n) is 8.81. The average molecular weight is 518 g/mol. The van der Waals surface area contributed by atoms with Gasteiger partial charge in [-0.15, -0.1) is 0 Å². The van der Waals surface area contributed by atoms with Crippen LogP contribution in [0.2, 0.25) is 5.02 Å². The standard InChI is InChI=1S/C25H23ClF3N5O2/c26-20-21(24(36)33-13-11-32(12-14-33)23(35)17-9-5-2-6-10-17)31-34-19(25(27,28)29)15-18(30-22(20)34)16-7-3-1-4-8-16/h1-10,18-19,30H,11-15H2/t18-,19-/m1/s1. The number of rotatable bonds is 3. The van der Waals surface area contributed by atoms with Crippen molar-refractivity contribution in [3.8, 4) is 0 Å². The molecular formula is C25H23ClF3N5O2. The van der Waals surface area contributed by atoms with Gasteiger partial charge in [0.05, 0.1) is 6.04 Å². The minimum Gasteiger partial charge on any atom is -0.362 e. The Hall–Kier alpha value is -3.53. The molecule has 0 radical (unpaired) electrons. The van der Waals surface area contributed by atoms with E-state index < -0.39 is 24.2 Å². The number of halogens is 4. The SMILES string of the molecule is O=C(c1ccccc1)N1CCN(C(=O)c2nn3c(c2Cl)N[C@@H](c2ccccc2)C[C@@H]3C(F)(F)F)CC1. The Morgan fingerprint density at radius 1 is 0.889 bits per heavy atom. The summed E-state index contributed by atoms with van der Waals surface area (Å²) in [5, 5.41) is 6.94. The molecule has 2 atom stereocenters. The number of hydrogen-bond donors (Lipinski definition) is 1. The minimum atomic E-state index is -4.58. The highest BCUT2D eigenvalue weighted by atomic mass is 35.5. The zero-order valence-electron chi connectivity index (χ0n) is 19.1. The number of aromatic nitrogens is 2. The molecule has 0 bridgehead atoms. The van der Waals surface area contributed by atoms with Crippen LogP contribution in [0.3, 0.4) is 0 Å². The lowest BCUT2D eigenvalue weighted by Crippen LogP contribution is -2.50. The molecule has 0 spiro atoms. The van der Waals surface area contributed by atoms with E-state index in [0.29, 0.717) is 24.2 Å². The maximum absolute atomic E-state index is 14.0. The van der Waals surface area contributed by atoms with E-state index >= 15 is 0 Å². The molecule has 2 aliphatic heterocycles. The number of carbonyl (C=O) groups excluding carboxylic acids is 2. The first-order valence-corrected chi connectivity index (χ1v) is 11.9. The molecule has 188 valence electrons. The third-order valence-electron chi connectivity index (χ3n) is 6.57. The second kappa shape index (κ2) is 9.50. The quantitative estimate of drug-likeness (QED) is 0.542.